The standard InChI is InChI=1S/C16H13ClN4O7/c1-8(15(22)19-13-5-3-10(20(24)25)7-11(13)17)28-16(23)9-2-4-12(18)14(6-9)21(26)27/h2-8H,18H2,1H3,(H,19,22). The molecule has 0 heterocycles. The number of nitro groups is 2. The molecule has 2 aromatic rings. The minimum atomic E-state index is -1.28. The number of nitrogens with two attached hydrogens (primary N) is 1. The fourth-order valence-corrected chi connectivity index (χ4v) is 2.29. The number of nitrogen functional groups attached to an aromatic ring is 1. The van der Waals surface area contributed by atoms with Gasteiger partial charge in [-0.25, -0.2) is 4.79 Å². The van der Waals surface area contributed by atoms with Gasteiger partial charge in [-0.2, -0.15) is 0 Å². The van der Waals surface area contributed by atoms with Gasteiger partial charge < -0.3 is 15.8 Å². The number of anilines is 2. The first-order valence-corrected chi connectivity index (χ1v) is 7.97. The second-order valence-corrected chi connectivity index (χ2v) is 5.90. The summed E-state index contributed by atoms with van der Waals surface area (Å²) in [7, 11) is 0. The minimum absolute atomic E-state index is 0.0739. The Hall–Kier alpha value is -3.73. The lowest BCUT2D eigenvalue weighted by Gasteiger charge is -2.14. The molecule has 0 bridgehead atoms. The van der Waals surface area contributed by atoms with Crippen LogP contribution in [-0.4, -0.2) is 27.8 Å². The van der Waals surface area contributed by atoms with E-state index >= 15 is 0 Å². The number of carbonyl (C=O) groups is 2. The van der Waals surface area contributed by atoms with Gasteiger partial charge in [-0.3, -0.25) is 25.0 Å². The van der Waals surface area contributed by atoms with Crippen LogP contribution in [0.4, 0.5) is 22.7 Å². The van der Waals surface area contributed by atoms with Gasteiger partial charge in [-0.1, -0.05) is 11.6 Å². The number of amides is 1. The Morgan fingerprint density at radius 3 is 2.39 bits per heavy atom. The van der Waals surface area contributed by atoms with Crippen molar-refractivity contribution in [2.75, 3.05) is 11.1 Å². The number of esters is 1. The Kier molecular flexibility index (Phi) is 6.11. The van der Waals surface area contributed by atoms with Crippen LogP contribution in [0.15, 0.2) is 36.4 Å². The van der Waals surface area contributed by atoms with Gasteiger partial charge in [0.15, 0.2) is 6.10 Å². The van der Waals surface area contributed by atoms with Crippen LogP contribution in [-0.2, 0) is 9.53 Å². The molecule has 1 unspecified atom stereocenters. The van der Waals surface area contributed by atoms with Crippen molar-refractivity contribution in [3.8, 4) is 0 Å². The highest BCUT2D eigenvalue weighted by atomic mass is 35.5. The Morgan fingerprint density at radius 2 is 1.82 bits per heavy atom. The van der Waals surface area contributed by atoms with Gasteiger partial charge in [0.1, 0.15) is 5.69 Å². The molecule has 0 aromatic heterocycles. The lowest BCUT2D eigenvalue weighted by atomic mass is 10.2. The number of nitro benzene ring substituents is 2. The van der Waals surface area contributed by atoms with Crippen LogP contribution in [0.3, 0.4) is 0 Å². The SMILES string of the molecule is CC(OC(=O)c1ccc(N)c([N+](=O)[O-])c1)C(=O)Nc1ccc([N+](=O)[O-])cc1Cl. The van der Waals surface area contributed by atoms with Crippen LogP contribution in [0.5, 0.6) is 0 Å². The van der Waals surface area contributed by atoms with E-state index in [0.717, 1.165) is 18.2 Å². The molecule has 0 spiro atoms. The molecule has 12 heteroatoms. The van der Waals surface area contributed by atoms with Gasteiger partial charge >= 0.3 is 5.97 Å². The predicted octanol–water partition coefficient (Wildman–Crippen LogP) is 2.92. The van der Waals surface area contributed by atoms with Crippen molar-refractivity contribution >= 4 is 46.2 Å². The number of rotatable bonds is 6. The van der Waals surface area contributed by atoms with Crippen LogP contribution in [0.25, 0.3) is 0 Å². The Labute approximate surface area is 162 Å². The first-order valence-electron chi connectivity index (χ1n) is 7.60. The predicted molar refractivity (Wildman–Crippen MR) is 99.1 cm³/mol. The topological polar surface area (TPSA) is 168 Å². The summed E-state index contributed by atoms with van der Waals surface area (Å²) in [5.41, 5.74) is 4.53. The molecule has 11 nitrogen and oxygen atoms in total. The maximum atomic E-state index is 12.2. The molecule has 146 valence electrons. The molecule has 0 radical (unpaired) electrons. The largest absolute Gasteiger partial charge is 0.449 e. The Balaban J connectivity index is 2.08. The molecule has 0 fully saturated rings. The van der Waals surface area contributed by atoms with Crippen molar-refractivity contribution in [3.63, 3.8) is 0 Å². The van der Waals surface area contributed by atoms with Gasteiger partial charge in [-0.05, 0) is 25.1 Å². The summed E-state index contributed by atoms with van der Waals surface area (Å²) in [5, 5.41) is 23.9. The van der Waals surface area contributed by atoms with E-state index in [1.54, 1.807) is 0 Å². The molecular weight excluding hydrogens is 396 g/mol. The summed E-state index contributed by atoms with van der Waals surface area (Å²) in [5.74, 6) is -1.73. The zero-order valence-corrected chi connectivity index (χ0v) is 15.0. The smallest absolute Gasteiger partial charge is 0.339 e. The highest BCUT2D eigenvalue weighted by Crippen LogP contribution is 2.27. The first-order chi connectivity index (χ1) is 13.1. The summed E-state index contributed by atoms with van der Waals surface area (Å²) >= 11 is 5.88. The molecule has 1 amide bonds. The molecule has 2 rings (SSSR count). The fourth-order valence-electron chi connectivity index (χ4n) is 2.06. The zero-order chi connectivity index (χ0) is 21.0. The fraction of sp³-hybridized carbons (Fsp3) is 0.125. The average molecular weight is 409 g/mol. The number of ether oxygens (including phenoxy) is 1. The highest BCUT2D eigenvalue weighted by Gasteiger charge is 2.22. The van der Waals surface area contributed by atoms with Crippen molar-refractivity contribution in [3.05, 3.63) is 67.2 Å². The number of carbonyl (C=O) groups excluding carboxylic acids is 2. The van der Waals surface area contributed by atoms with E-state index in [-0.39, 0.29) is 27.6 Å². The molecule has 0 aliphatic carbocycles. The molecule has 3 N–H and O–H groups in total. The van der Waals surface area contributed by atoms with E-state index in [9.17, 15) is 29.8 Å². The van der Waals surface area contributed by atoms with E-state index in [0.29, 0.717) is 0 Å². The number of non-ortho nitro benzene ring substituents is 1. The van der Waals surface area contributed by atoms with Crippen molar-refractivity contribution in [1.82, 2.24) is 0 Å². The Bertz CT molecular complexity index is 979. The van der Waals surface area contributed by atoms with Crippen molar-refractivity contribution < 1.29 is 24.2 Å². The van der Waals surface area contributed by atoms with Crippen molar-refractivity contribution in [2.24, 2.45) is 0 Å². The van der Waals surface area contributed by atoms with Gasteiger partial charge in [0.05, 0.1) is 26.1 Å². The first kappa shape index (κ1) is 20.6. The molecule has 2 aromatic carbocycles. The normalized spacial score (nSPS) is 11.4. The van der Waals surface area contributed by atoms with Crippen LogP contribution < -0.4 is 11.1 Å². The summed E-state index contributed by atoms with van der Waals surface area (Å²) in [6.07, 6.45) is -1.28. The van der Waals surface area contributed by atoms with E-state index in [1.165, 1.54) is 25.1 Å². The minimum Gasteiger partial charge on any atom is -0.449 e. The molecule has 0 saturated heterocycles. The average Bonchev–Trinajstić information content (AvgIpc) is 2.63. The van der Waals surface area contributed by atoms with Crippen LogP contribution >= 0.6 is 11.6 Å². The van der Waals surface area contributed by atoms with E-state index in [1.807, 2.05) is 0 Å². The molecule has 0 saturated carbocycles. The van der Waals surface area contributed by atoms with Gasteiger partial charge in [0, 0.05) is 18.2 Å². The molecule has 0 aliphatic heterocycles. The summed E-state index contributed by atoms with van der Waals surface area (Å²) in [6, 6.07) is 6.78. The summed E-state index contributed by atoms with van der Waals surface area (Å²) < 4.78 is 4.98. The molecular formula is C16H13ClN4O7. The lowest BCUT2D eigenvalue weighted by Crippen LogP contribution is -2.30. The van der Waals surface area contributed by atoms with Crippen molar-refractivity contribution in [2.45, 2.75) is 13.0 Å². The maximum Gasteiger partial charge on any atom is 0.339 e. The molecule has 1 atom stereocenters. The number of hydrogen-bond acceptors (Lipinski definition) is 8. The summed E-state index contributed by atoms with van der Waals surface area (Å²) in [6.45, 7) is 1.28. The second kappa shape index (κ2) is 8.31. The maximum absolute atomic E-state index is 12.2. The summed E-state index contributed by atoms with van der Waals surface area (Å²) in [4.78, 5) is 44.5. The third-order valence-electron chi connectivity index (χ3n) is 3.54. The number of hydrogen-bond donors (Lipinski definition) is 2. The third-order valence-corrected chi connectivity index (χ3v) is 3.85. The van der Waals surface area contributed by atoms with Crippen LogP contribution in [0, 0.1) is 20.2 Å². The van der Waals surface area contributed by atoms with Crippen LogP contribution in [0.1, 0.15) is 17.3 Å². The monoisotopic (exact) mass is 408 g/mol. The highest BCUT2D eigenvalue weighted by molar-refractivity contribution is 6.34. The van der Waals surface area contributed by atoms with Gasteiger partial charge in [0.25, 0.3) is 17.3 Å². The number of benzene rings is 2. The Morgan fingerprint density at radius 1 is 1.14 bits per heavy atom. The second-order valence-electron chi connectivity index (χ2n) is 5.49. The lowest BCUT2D eigenvalue weighted by molar-refractivity contribution is -0.384. The zero-order valence-electron chi connectivity index (χ0n) is 14.2. The number of halogens is 1. The van der Waals surface area contributed by atoms with Crippen LogP contribution in [0.2, 0.25) is 5.02 Å². The molecule has 28 heavy (non-hydrogen) atoms. The van der Waals surface area contributed by atoms with E-state index in [4.69, 9.17) is 22.1 Å². The number of nitrogens with zero attached hydrogens (tertiary/aromatic N) is 2. The third kappa shape index (κ3) is 4.71. The number of nitrogens with one attached hydrogen (secondary N) is 1. The van der Waals surface area contributed by atoms with Gasteiger partial charge in [0.2, 0.25) is 0 Å². The molecule has 0 aliphatic rings. The van der Waals surface area contributed by atoms with Gasteiger partial charge in [-0.15, -0.1) is 0 Å². The van der Waals surface area contributed by atoms with Crippen molar-refractivity contribution in [1.29, 1.82) is 0 Å². The quantitative estimate of drug-likeness (QED) is 0.318. The van der Waals surface area contributed by atoms with E-state index in [2.05, 4.69) is 5.32 Å². The van der Waals surface area contributed by atoms with E-state index < -0.39 is 33.5 Å².